The summed E-state index contributed by atoms with van der Waals surface area (Å²) in [6, 6.07) is 1.93. The maximum atomic E-state index is 12.2. The third-order valence-corrected chi connectivity index (χ3v) is 3.10. The Hall–Kier alpha value is -1.32. The van der Waals surface area contributed by atoms with Crippen molar-refractivity contribution < 1.29 is 4.79 Å². The fourth-order valence-electron chi connectivity index (χ4n) is 2.14. The minimum absolute atomic E-state index is 0.145. The lowest BCUT2D eigenvalue weighted by molar-refractivity contribution is 0.0780. The van der Waals surface area contributed by atoms with Crippen molar-refractivity contribution >= 4 is 5.91 Å². The van der Waals surface area contributed by atoms with Crippen LogP contribution < -0.4 is 0 Å². The molecule has 1 aliphatic heterocycles. The Bertz CT molecular complexity index is 378. The molecule has 1 aliphatic rings. The van der Waals surface area contributed by atoms with Gasteiger partial charge < -0.3 is 4.90 Å². The Kier molecular flexibility index (Phi) is 3.27. The van der Waals surface area contributed by atoms with E-state index in [0.717, 1.165) is 50.3 Å². The van der Waals surface area contributed by atoms with Crippen LogP contribution in [-0.2, 0) is 13.0 Å². The van der Waals surface area contributed by atoms with Crippen LogP contribution in [0.1, 0.15) is 42.9 Å². The van der Waals surface area contributed by atoms with Crippen molar-refractivity contribution in [2.75, 3.05) is 13.1 Å². The maximum Gasteiger partial charge on any atom is 0.272 e. The molecule has 1 aromatic heterocycles. The van der Waals surface area contributed by atoms with Crippen LogP contribution in [0, 0.1) is 0 Å². The summed E-state index contributed by atoms with van der Waals surface area (Å²) in [5, 5.41) is 4.41. The molecule has 4 heteroatoms. The molecule has 2 rings (SSSR count). The molecule has 0 atom stereocenters. The molecule has 2 heterocycles. The van der Waals surface area contributed by atoms with Crippen LogP contribution in [0.4, 0.5) is 0 Å². The van der Waals surface area contributed by atoms with Crippen LogP contribution in [-0.4, -0.2) is 33.7 Å². The third-order valence-electron chi connectivity index (χ3n) is 3.10. The predicted octanol–water partition coefficient (Wildman–Crippen LogP) is 1.70. The van der Waals surface area contributed by atoms with Gasteiger partial charge in [0.25, 0.3) is 5.91 Å². The molecule has 0 bridgehead atoms. The van der Waals surface area contributed by atoms with Crippen LogP contribution in [0.5, 0.6) is 0 Å². The summed E-state index contributed by atoms with van der Waals surface area (Å²) in [7, 11) is 0. The number of likely N-dealkylation sites (tertiary alicyclic amines) is 1. The number of hydrogen-bond acceptors (Lipinski definition) is 2. The van der Waals surface area contributed by atoms with Gasteiger partial charge in [0.2, 0.25) is 0 Å². The highest BCUT2D eigenvalue weighted by Gasteiger charge is 2.22. The molecule has 0 unspecified atom stereocenters. The normalized spacial score (nSPS) is 15.8. The van der Waals surface area contributed by atoms with Crippen molar-refractivity contribution in [2.45, 2.75) is 39.7 Å². The molecule has 0 saturated carbocycles. The molecular formula is C12H19N3O. The number of amides is 1. The van der Waals surface area contributed by atoms with Crippen molar-refractivity contribution in [3.8, 4) is 0 Å². The molecule has 1 saturated heterocycles. The number of aromatic nitrogens is 2. The van der Waals surface area contributed by atoms with Crippen molar-refractivity contribution in [2.24, 2.45) is 0 Å². The lowest BCUT2D eigenvalue weighted by Crippen LogP contribution is -2.29. The molecule has 16 heavy (non-hydrogen) atoms. The lowest BCUT2D eigenvalue weighted by Gasteiger charge is -2.15. The van der Waals surface area contributed by atoms with Gasteiger partial charge in [0, 0.05) is 19.6 Å². The van der Waals surface area contributed by atoms with E-state index >= 15 is 0 Å². The van der Waals surface area contributed by atoms with E-state index in [-0.39, 0.29) is 5.91 Å². The summed E-state index contributed by atoms with van der Waals surface area (Å²) in [6.45, 7) is 6.64. The molecular weight excluding hydrogens is 202 g/mol. The molecule has 0 aromatic carbocycles. The fraction of sp³-hybridized carbons (Fsp3) is 0.667. The van der Waals surface area contributed by atoms with Crippen molar-refractivity contribution in [1.29, 1.82) is 0 Å². The summed E-state index contributed by atoms with van der Waals surface area (Å²) in [5.74, 6) is 0.145. The highest BCUT2D eigenvalue weighted by Crippen LogP contribution is 2.14. The zero-order chi connectivity index (χ0) is 11.5. The Morgan fingerprint density at radius 2 is 2.06 bits per heavy atom. The summed E-state index contributed by atoms with van der Waals surface area (Å²) >= 11 is 0. The van der Waals surface area contributed by atoms with E-state index < -0.39 is 0 Å². The van der Waals surface area contributed by atoms with Crippen LogP contribution in [0.3, 0.4) is 0 Å². The first-order valence-corrected chi connectivity index (χ1v) is 6.12. The van der Waals surface area contributed by atoms with Crippen LogP contribution in [0.2, 0.25) is 0 Å². The molecule has 0 aliphatic carbocycles. The molecule has 0 N–H and O–H groups in total. The zero-order valence-corrected chi connectivity index (χ0v) is 10.1. The van der Waals surface area contributed by atoms with Gasteiger partial charge in [0.1, 0.15) is 5.69 Å². The fourth-order valence-corrected chi connectivity index (χ4v) is 2.14. The number of rotatable bonds is 3. The Balaban J connectivity index is 2.23. The van der Waals surface area contributed by atoms with Gasteiger partial charge in [-0.3, -0.25) is 9.48 Å². The van der Waals surface area contributed by atoms with Gasteiger partial charge in [-0.05, 0) is 32.3 Å². The Labute approximate surface area is 96.2 Å². The van der Waals surface area contributed by atoms with Gasteiger partial charge in [-0.15, -0.1) is 0 Å². The van der Waals surface area contributed by atoms with Crippen LogP contribution in [0.25, 0.3) is 0 Å². The number of carbonyl (C=O) groups excluding carboxylic acids is 1. The van der Waals surface area contributed by atoms with Gasteiger partial charge in [0.05, 0.1) is 5.69 Å². The molecule has 1 fully saturated rings. The monoisotopic (exact) mass is 221 g/mol. The largest absolute Gasteiger partial charge is 0.337 e. The summed E-state index contributed by atoms with van der Waals surface area (Å²) < 4.78 is 1.82. The van der Waals surface area contributed by atoms with E-state index in [1.165, 1.54) is 0 Å². The topological polar surface area (TPSA) is 38.1 Å². The Morgan fingerprint density at radius 1 is 1.38 bits per heavy atom. The molecule has 0 spiro atoms. The van der Waals surface area contributed by atoms with Gasteiger partial charge in [-0.1, -0.05) is 6.92 Å². The first kappa shape index (κ1) is 11.2. The standard InChI is InChI=1S/C12H19N3O/c1-3-10-9-11(15(4-2)13-10)12(16)14-7-5-6-8-14/h9H,3-8H2,1-2H3. The maximum absolute atomic E-state index is 12.2. The van der Waals surface area contributed by atoms with Crippen LogP contribution >= 0.6 is 0 Å². The average Bonchev–Trinajstić information content (AvgIpc) is 2.96. The molecule has 1 amide bonds. The van der Waals surface area contributed by atoms with E-state index in [4.69, 9.17) is 0 Å². The van der Waals surface area contributed by atoms with Crippen molar-refractivity contribution in [3.05, 3.63) is 17.5 Å². The van der Waals surface area contributed by atoms with Gasteiger partial charge in [0.15, 0.2) is 0 Å². The molecule has 4 nitrogen and oxygen atoms in total. The average molecular weight is 221 g/mol. The summed E-state index contributed by atoms with van der Waals surface area (Å²) in [6.07, 6.45) is 3.15. The minimum atomic E-state index is 0.145. The van der Waals surface area contributed by atoms with E-state index in [0.29, 0.717) is 0 Å². The number of aryl methyl sites for hydroxylation is 2. The van der Waals surface area contributed by atoms with Crippen molar-refractivity contribution in [1.82, 2.24) is 14.7 Å². The van der Waals surface area contributed by atoms with E-state index in [9.17, 15) is 4.79 Å². The van der Waals surface area contributed by atoms with Crippen molar-refractivity contribution in [3.63, 3.8) is 0 Å². The SMILES string of the molecule is CCc1cc(C(=O)N2CCCC2)n(CC)n1. The lowest BCUT2D eigenvalue weighted by atomic mass is 10.3. The van der Waals surface area contributed by atoms with E-state index in [2.05, 4.69) is 12.0 Å². The second-order valence-electron chi connectivity index (χ2n) is 4.19. The van der Waals surface area contributed by atoms with E-state index in [1.807, 2.05) is 22.6 Å². The first-order valence-electron chi connectivity index (χ1n) is 6.12. The number of hydrogen-bond donors (Lipinski definition) is 0. The first-order chi connectivity index (χ1) is 7.76. The third kappa shape index (κ3) is 1.96. The Morgan fingerprint density at radius 3 is 2.62 bits per heavy atom. The smallest absolute Gasteiger partial charge is 0.272 e. The minimum Gasteiger partial charge on any atom is -0.337 e. The summed E-state index contributed by atoms with van der Waals surface area (Å²) in [4.78, 5) is 14.2. The highest BCUT2D eigenvalue weighted by atomic mass is 16.2. The molecule has 1 aromatic rings. The van der Waals surface area contributed by atoms with Gasteiger partial charge in [-0.25, -0.2) is 0 Å². The van der Waals surface area contributed by atoms with Gasteiger partial charge >= 0.3 is 0 Å². The summed E-state index contributed by atoms with van der Waals surface area (Å²) in [5.41, 5.74) is 1.76. The molecule has 88 valence electrons. The zero-order valence-electron chi connectivity index (χ0n) is 10.1. The van der Waals surface area contributed by atoms with Crippen LogP contribution in [0.15, 0.2) is 6.07 Å². The second-order valence-corrected chi connectivity index (χ2v) is 4.19. The van der Waals surface area contributed by atoms with E-state index in [1.54, 1.807) is 0 Å². The van der Waals surface area contributed by atoms with Gasteiger partial charge in [-0.2, -0.15) is 5.10 Å². The number of carbonyl (C=O) groups is 1. The predicted molar refractivity (Wildman–Crippen MR) is 62.4 cm³/mol. The highest BCUT2D eigenvalue weighted by molar-refractivity contribution is 5.92. The second kappa shape index (κ2) is 4.68. The number of nitrogens with zero attached hydrogens (tertiary/aromatic N) is 3. The quantitative estimate of drug-likeness (QED) is 0.779. The molecule has 0 radical (unpaired) electrons.